The average molecular weight is 317 g/mol. The molecular weight excluding hydrogens is 294 g/mol. The Hall–Kier alpha value is -2.58. The minimum Gasteiger partial charge on any atom is -0.497 e. The zero-order valence-electron chi connectivity index (χ0n) is 14.3. The average Bonchev–Trinajstić information content (AvgIpc) is 2.62. The summed E-state index contributed by atoms with van der Waals surface area (Å²) in [5, 5.41) is 2.64. The second kappa shape index (κ2) is 7.80. The molecule has 0 unspecified atom stereocenters. The van der Waals surface area contributed by atoms with Gasteiger partial charge in [-0.25, -0.2) is 0 Å². The normalized spacial score (nSPS) is 11.5. The van der Waals surface area contributed by atoms with E-state index in [0.29, 0.717) is 0 Å². The topological polar surface area (TPSA) is 12.5 Å². The summed E-state index contributed by atoms with van der Waals surface area (Å²) >= 11 is 0. The fraction of sp³-hybridized carbons (Fsp3) is 0.182. The van der Waals surface area contributed by atoms with Crippen LogP contribution in [0.1, 0.15) is 11.1 Å². The van der Waals surface area contributed by atoms with Crippen molar-refractivity contribution in [2.24, 2.45) is 0 Å². The number of ether oxygens (including phenoxy) is 1. The lowest BCUT2D eigenvalue weighted by atomic mass is 10.0. The summed E-state index contributed by atoms with van der Waals surface area (Å²) in [7, 11) is 3.85. The van der Waals surface area contributed by atoms with Crippen molar-refractivity contribution < 1.29 is 4.74 Å². The Morgan fingerprint density at radius 1 is 0.958 bits per heavy atom. The largest absolute Gasteiger partial charge is 0.497 e. The third-order valence-corrected chi connectivity index (χ3v) is 4.14. The van der Waals surface area contributed by atoms with Gasteiger partial charge in [0.1, 0.15) is 5.75 Å². The van der Waals surface area contributed by atoms with Gasteiger partial charge in [0.15, 0.2) is 0 Å². The van der Waals surface area contributed by atoms with E-state index in [1.165, 1.54) is 16.3 Å². The molecule has 0 radical (unpaired) electrons. The summed E-state index contributed by atoms with van der Waals surface area (Å²) in [6.45, 7) is 1.84. The number of methoxy groups -OCH3 is 1. The first-order chi connectivity index (χ1) is 11.8. The Morgan fingerprint density at radius 2 is 1.75 bits per heavy atom. The molecule has 3 aromatic carbocycles. The van der Waals surface area contributed by atoms with Gasteiger partial charge in [-0.1, -0.05) is 66.7 Å². The highest BCUT2D eigenvalue weighted by Crippen LogP contribution is 2.19. The van der Waals surface area contributed by atoms with Gasteiger partial charge in [-0.05, 0) is 41.1 Å². The Labute approximate surface area is 144 Å². The maximum atomic E-state index is 5.26. The van der Waals surface area contributed by atoms with Crippen molar-refractivity contribution in [2.75, 3.05) is 20.7 Å². The van der Waals surface area contributed by atoms with Crippen LogP contribution in [0.5, 0.6) is 5.75 Å². The molecule has 24 heavy (non-hydrogen) atoms. The first kappa shape index (κ1) is 16.3. The van der Waals surface area contributed by atoms with Crippen LogP contribution in [0.15, 0.2) is 72.8 Å². The third kappa shape index (κ3) is 4.03. The SMILES string of the molecule is COc1cccc(/C=C/CN(C)Cc2cccc3ccccc23)c1. The Kier molecular flexibility index (Phi) is 5.29. The molecule has 3 rings (SSSR count). The van der Waals surface area contributed by atoms with Crippen LogP contribution in [0, 0.1) is 0 Å². The summed E-state index contributed by atoms with van der Waals surface area (Å²) in [4.78, 5) is 2.32. The molecule has 0 aliphatic rings. The van der Waals surface area contributed by atoms with E-state index in [-0.39, 0.29) is 0 Å². The molecule has 0 aromatic heterocycles. The fourth-order valence-corrected chi connectivity index (χ4v) is 2.90. The quantitative estimate of drug-likeness (QED) is 0.635. The molecule has 0 saturated heterocycles. The number of hydrogen-bond donors (Lipinski definition) is 0. The number of likely N-dealkylation sites (N-methyl/N-ethyl adjacent to an activating group) is 1. The number of nitrogens with zero attached hydrogens (tertiary/aromatic N) is 1. The molecule has 0 saturated carbocycles. The minimum absolute atomic E-state index is 0.890. The minimum atomic E-state index is 0.890. The van der Waals surface area contributed by atoms with Gasteiger partial charge in [-0.15, -0.1) is 0 Å². The lowest BCUT2D eigenvalue weighted by molar-refractivity contribution is 0.365. The highest BCUT2D eigenvalue weighted by molar-refractivity contribution is 5.85. The van der Waals surface area contributed by atoms with Gasteiger partial charge in [-0.2, -0.15) is 0 Å². The molecule has 0 atom stereocenters. The number of rotatable bonds is 6. The summed E-state index contributed by atoms with van der Waals surface area (Å²) in [6.07, 6.45) is 4.34. The second-order valence-electron chi connectivity index (χ2n) is 6.01. The lowest BCUT2D eigenvalue weighted by Crippen LogP contribution is -2.17. The van der Waals surface area contributed by atoms with Crippen LogP contribution in [0.4, 0.5) is 0 Å². The zero-order chi connectivity index (χ0) is 16.8. The molecule has 2 heteroatoms. The molecule has 122 valence electrons. The van der Waals surface area contributed by atoms with E-state index in [4.69, 9.17) is 4.74 Å². The standard InChI is InChI=1S/C22H23NO/c1-23(15-7-9-18-8-5-13-21(16-18)24-2)17-20-12-6-11-19-10-3-4-14-22(19)20/h3-14,16H,15,17H2,1-2H3/b9-7+. The highest BCUT2D eigenvalue weighted by Gasteiger charge is 2.03. The first-order valence-electron chi connectivity index (χ1n) is 8.22. The molecule has 0 heterocycles. The Balaban J connectivity index is 1.64. The van der Waals surface area contributed by atoms with Crippen LogP contribution in [-0.2, 0) is 6.54 Å². The van der Waals surface area contributed by atoms with E-state index in [2.05, 4.69) is 72.6 Å². The highest BCUT2D eigenvalue weighted by atomic mass is 16.5. The summed E-state index contributed by atoms with van der Waals surface area (Å²) in [6, 6.07) is 23.2. The van der Waals surface area contributed by atoms with E-state index in [1.54, 1.807) is 7.11 Å². The smallest absolute Gasteiger partial charge is 0.119 e. The second-order valence-corrected chi connectivity index (χ2v) is 6.01. The van der Waals surface area contributed by atoms with Gasteiger partial charge in [0.05, 0.1) is 7.11 Å². The van der Waals surface area contributed by atoms with E-state index in [0.717, 1.165) is 24.4 Å². The molecule has 0 N–H and O–H groups in total. The van der Waals surface area contributed by atoms with Crippen molar-refractivity contribution in [1.82, 2.24) is 4.90 Å². The van der Waals surface area contributed by atoms with Crippen molar-refractivity contribution in [3.05, 3.63) is 83.9 Å². The maximum Gasteiger partial charge on any atom is 0.119 e. The molecule has 0 aliphatic carbocycles. The van der Waals surface area contributed by atoms with E-state index in [9.17, 15) is 0 Å². The van der Waals surface area contributed by atoms with Gasteiger partial charge in [0.25, 0.3) is 0 Å². The molecule has 0 bridgehead atoms. The number of benzene rings is 3. The van der Waals surface area contributed by atoms with Crippen molar-refractivity contribution in [3.8, 4) is 5.75 Å². The van der Waals surface area contributed by atoms with E-state index in [1.807, 2.05) is 18.2 Å². The molecular formula is C22H23NO. The number of hydrogen-bond acceptors (Lipinski definition) is 2. The molecule has 0 aliphatic heterocycles. The Bertz CT molecular complexity index is 833. The van der Waals surface area contributed by atoms with Crippen LogP contribution in [0.3, 0.4) is 0 Å². The first-order valence-corrected chi connectivity index (χ1v) is 8.22. The van der Waals surface area contributed by atoms with Crippen molar-refractivity contribution in [1.29, 1.82) is 0 Å². The summed E-state index contributed by atoms with van der Waals surface area (Å²) < 4.78 is 5.26. The Morgan fingerprint density at radius 3 is 2.62 bits per heavy atom. The number of fused-ring (bicyclic) bond motifs is 1. The molecule has 0 spiro atoms. The monoisotopic (exact) mass is 317 g/mol. The molecule has 0 fully saturated rings. The fourth-order valence-electron chi connectivity index (χ4n) is 2.90. The van der Waals surface area contributed by atoms with Gasteiger partial charge < -0.3 is 4.74 Å². The zero-order valence-corrected chi connectivity index (χ0v) is 14.3. The van der Waals surface area contributed by atoms with Gasteiger partial charge >= 0.3 is 0 Å². The van der Waals surface area contributed by atoms with E-state index >= 15 is 0 Å². The van der Waals surface area contributed by atoms with Crippen LogP contribution in [0.2, 0.25) is 0 Å². The van der Waals surface area contributed by atoms with Crippen LogP contribution in [-0.4, -0.2) is 25.6 Å². The van der Waals surface area contributed by atoms with Gasteiger partial charge in [-0.3, -0.25) is 4.90 Å². The van der Waals surface area contributed by atoms with Crippen molar-refractivity contribution >= 4 is 16.8 Å². The van der Waals surface area contributed by atoms with Crippen LogP contribution >= 0.6 is 0 Å². The lowest BCUT2D eigenvalue weighted by Gasteiger charge is -2.16. The molecule has 3 aromatic rings. The van der Waals surface area contributed by atoms with Crippen LogP contribution in [0.25, 0.3) is 16.8 Å². The van der Waals surface area contributed by atoms with Crippen molar-refractivity contribution in [2.45, 2.75) is 6.54 Å². The van der Waals surface area contributed by atoms with Gasteiger partial charge in [0, 0.05) is 13.1 Å². The molecule has 0 amide bonds. The van der Waals surface area contributed by atoms with Crippen molar-refractivity contribution in [3.63, 3.8) is 0 Å². The predicted octanol–water partition coefficient (Wildman–Crippen LogP) is 4.99. The molecule has 2 nitrogen and oxygen atoms in total. The summed E-state index contributed by atoms with van der Waals surface area (Å²) in [5.41, 5.74) is 2.53. The predicted molar refractivity (Wildman–Crippen MR) is 102 cm³/mol. The van der Waals surface area contributed by atoms with E-state index < -0.39 is 0 Å². The maximum absolute atomic E-state index is 5.26. The van der Waals surface area contributed by atoms with Gasteiger partial charge in [0.2, 0.25) is 0 Å². The third-order valence-electron chi connectivity index (χ3n) is 4.14. The summed E-state index contributed by atoms with van der Waals surface area (Å²) in [5.74, 6) is 0.890. The van der Waals surface area contributed by atoms with Crippen LogP contribution < -0.4 is 4.74 Å².